The topological polar surface area (TPSA) is 80.7 Å². The summed E-state index contributed by atoms with van der Waals surface area (Å²) in [6.07, 6.45) is 13.5. The number of esters is 1. The van der Waals surface area contributed by atoms with Gasteiger partial charge >= 0.3 is 5.97 Å². The summed E-state index contributed by atoms with van der Waals surface area (Å²) in [5.74, 6) is 0.760. The molecule has 3 aliphatic carbocycles. The van der Waals surface area contributed by atoms with Gasteiger partial charge in [-0.25, -0.2) is 4.79 Å². The molecular formula is C32H36O5S. The van der Waals surface area contributed by atoms with Gasteiger partial charge in [0.1, 0.15) is 5.75 Å². The Bertz CT molecular complexity index is 1480. The monoisotopic (exact) mass is 532 g/mol. The highest BCUT2D eigenvalue weighted by Gasteiger charge is 2.32. The van der Waals surface area contributed by atoms with E-state index < -0.39 is 10.1 Å². The van der Waals surface area contributed by atoms with Crippen LogP contribution in [-0.2, 0) is 23.0 Å². The molecule has 0 aromatic heterocycles. The number of fused-ring (bicyclic) bond motifs is 2. The molecule has 2 fully saturated rings. The minimum Gasteiger partial charge on any atom is -0.423 e. The van der Waals surface area contributed by atoms with Crippen molar-refractivity contribution in [1.82, 2.24) is 0 Å². The van der Waals surface area contributed by atoms with Gasteiger partial charge < -0.3 is 4.74 Å². The number of rotatable bonds is 5. The highest BCUT2D eigenvalue weighted by atomic mass is 32.2. The van der Waals surface area contributed by atoms with Gasteiger partial charge in [0.2, 0.25) is 0 Å². The van der Waals surface area contributed by atoms with Crippen molar-refractivity contribution in [2.24, 2.45) is 0 Å². The molecule has 3 aromatic carbocycles. The number of ether oxygens (including phenoxy) is 1. The minimum absolute atomic E-state index is 0.0682. The smallest absolute Gasteiger partial charge is 0.344 e. The maximum Gasteiger partial charge on any atom is 0.344 e. The molecule has 3 aliphatic rings. The molecular weight excluding hydrogens is 496 g/mol. The van der Waals surface area contributed by atoms with E-state index in [0.29, 0.717) is 36.0 Å². The lowest BCUT2D eigenvalue weighted by Gasteiger charge is -2.30. The van der Waals surface area contributed by atoms with E-state index in [2.05, 4.69) is 30.3 Å². The lowest BCUT2D eigenvalue weighted by atomic mass is 9.74. The molecule has 38 heavy (non-hydrogen) atoms. The number of benzene rings is 3. The van der Waals surface area contributed by atoms with Crippen molar-refractivity contribution in [2.75, 3.05) is 0 Å². The molecule has 0 unspecified atom stereocenters. The number of hydrogen-bond acceptors (Lipinski definition) is 4. The highest BCUT2D eigenvalue weighted by Crippen LogP contribution is 2.45. The summed E-state index contributed by atoms with van der Waals surface area (Å²) < 4.78 is 39.9. The number of carbonyl (C=O) groups is 1. The Morgan fingerprint density at radius 2 is 1.45 bits per heavy atom. The van der Waals surface area contributed by atoms with E-state index in [-0.39, 0.29) is 10.9 Å². The molecule has 1 N–H and O–H groups in total. The fraction of sp³-hybridized carbons (Fsp3) is 0.469. The normalized spacial score (nSPS) is 19.0. The Labute approximate surface area is 225 Å². The maximum atomic E-state index is 14.3. The average Bonchev–Trinajstić information content (AvgIpc) is 3.43. The number of hydrogen-bond donors (Lipinski definition) is 1. The van der Waals surface area contributed by atoms with Crippen molar-refractivity contribution in [3.8, 4) is 5.75 Å². The molecule has 0 atom stereocenters. The van der Waals surface area contributed by atoms with Crippen LogP contribution < -0.4 is 4.74 Å². The van der Waals surface area contributed by atoms with Gasteiger partial charge in [-0.1, -0.05) is 62.8 Å². The van der Waals surface area contributed by atoms with Crippen LogP contribution in [0.25, 0.3) is 10.8 Å². The molecule has 0 radical (unpaired) electrons. The zero-order valence-corrected chi connectivity index (χ0v) is 22.7. The van der Waals surface area contributed by atoms with E-state index in [0.717, 1.165) is 59.7 Å². The van der Waals surface area contributed by atoms with Crippen LogP contribution in [0.15, 0.2) is 47.4 Å². The molecule has 0 aliphatic heterocycles. The van der Waals surface area contributed by atoms with Crippen LogP contribution in [-0.4, -0.2) is 18.9 Å². The summed E-state index contributed by atoms with van der Waals surface area (Å²) in [6.45, 7) is 0. The van der Waals surface area contributed by atoms with Crippen LogP contribution in [0.4, 0.5) is 0 Å². The third-order valence-electron chi connectivity index (χ3n) is 9.06. The van der Waals surface area contributed by atoms with Crippen LogP contribution in [0.5, 0.6) is 5.75 Å². The molecule has 0 spiro atoms. The Morgan fingerprint density at radius 1 is 0.789 bits per heavy atom. The molecule has 3 aromatic rings. The lowest BCUT2D eigenvalue weighted by Crippen LogP contribution is -2.21. The molecule has 0 heterocycles. The molecule has 200 valence electrons. The standard InChI is InChI=1S/C32H36O5S/c33-32(37-28-18-19-29(38(34,35)36)26-17-9-16-25(26)28)31-27(21-10-3-1-4-11-21)20-23-14-7-8-15-24(23)30(31)22-12-5-2-6-13-22/h7-8,14-15,18-22H,1-6,9-13,16-17H2,(H,34,35,36). The van der Waals surface area contributed by atoms with Crippen LogP contribution in [0.1, 0.15) is 115 Å². The van der Waals surface area contributed by atoms with Crippen molar-refractivity contribution in [3.63, 3.8) is 0 Å². The average molecular weight is 533 g/mol. The van der Waals surface area contributed by atoms with Crippen LogP contribution >= 0.6 is 0 Å². The molecule has 0 amide bonds. The molecule has 0 bridgehead atoms. The second kappa shape index (κ2) is 10.5. The molecule has 6 rings (SSSR count). The van der Waals surface area contributed by atoms with Crippen molar-refractivity contribution >= 4 is 26.9 Å². The molecule has 0 saturated heterocycles. The molecule has 2 saturated carbocycles. The Kier molecular flexibility index (Phi) is 7.04. The summed E-state index contributed by atoms with van der Waals surface area (Å²) in [7, 11) is -4.33. The summed E-state index contributed by atoms with van der Waals surface area (Å²) in [4.78, 5) is 14.2. The van der Waals surface area contributed by atoms with Gasteiger partial charge in [-0.15, -0.1) is 0 Å². The summed E-state index contributed by atoms with van der Waals surface area (Å²) in [6, 6.07) is 13.6. The Morgan fingerprint density at radius 3 is 2.16 bits per heavy atom. The van der Waals surface area contributed by atoms with Crippen LogP contribution in [0, 0.1) is 0 Å². The zero-order chi connectivity index (χ0) is 26.3. The lowest BCUT2D eigenvalue weighted by molar-refractivity contribution is 0.0729. The van der Waals surface area contributed by atoms with Crippen LogP contribution in [0.3, 0.4) is 0 Å². The van der Waals surface area contributed by atoms with E-state index in [4.69, 9.17) is 4.74 Å². The van der Waals surface area contributed by atoms with Gasteiger partial charge in [0.25, 0.3) is 10.1 Å². The van der Waals surface area contributed by atoms with E-state index in [1.54, 1.807) is 6.07 Å². The van der Waals surface area contributed by atoms with E-state index >= 15 is 0 Å². The summed E-state index contributed by atoms with van der Waals surface area (Å²) >= 11 is 0. The third-order valence-corrected chi connectivity index (χ3v) is 10.0. The summed E-state index contributed by atoms with van der Waals surface area (Å²) in [5.41, 5.74) is 4.33. The van der Waals surface area contributed by atoms with Gasteiger partial charge in [-0.05, 0) is 108 Å². The van der Waals surface area contributed by atoms with E-state index in [1.807, 2.05) is 0 Å². The molecule has 5 nitrogen and oxygen atoms in total. The van der Waals surface area contributed by atoms with Crippen molar-refractivity contribution in [1.29, 1.82) is 0 Å². The summed E-state index contributed by atoms with van der Waals surface area (Å²) in [5, 5.41) is 2.35. The predicted molar refractivity (Wildman–Crippen MR) is 149 cm³/mol. The maximum absolute atomic E-state index is 14.3. The van der Waals surface area contributed by atoms with Gasteiger partial charge in [0.15, 0.2) is 0 Å². The quantitative estimate of drug-likeness (QED) is 0.205. The van der Waals surface area contributed by atoms with E-state index in [1.165, 1.54) is 50.0 Å². The van der Waals surface area contributed by atoms with Crippen molar-refractivity contribution in [3.05, 3.63) is 70.3 Å². The SMILES string of the molecule is O=C(Oc1ccc(S(=O)(=O)O)c2c1CCC2)c1c(C2CCCCC2)cc2ccccc2c1C1CCCCC1. The fourth-order valence-electron chi connectivity index (χ4n) is 7.31. The van der Waals surface area contributed by atoms with Gasteiger partial charge in [0.05, 0.1) is 10.5 Å². The third kappa shape index (κ3) is 4.77. The molecule has 6 heteroatoms. The Hall–Kier alpha value is -2.70. The van der Waals surface area contributed by atoms with E-state index in [9.17, 15) is 17.8 Å². The zero-order valence-electron chi connectivity index (χ0n) is 21.9. The largest absolute Gasteiger partial charge is 0.423 e. The highest BCUT2D eigenvalue weighted by molar-refractivity contribution is 7.85. The van der Waals surface area contributed by atoms with Gasteiger partial charge in [0, 0.05) is 0 Å². The second-order valence-corrected chi connectivity index (χ2v) is 12.8. The van der Waals surface area contributed by atoms with Crippen molar-refractivity contribution < 1.29 is 22.5 Å². The second-order valence-electron chi connectivity index (χ2n) is 11.4. The predicted octanol–water partition coefficient (Wildman–Crippen LogP) is 7.89. The Balaban J connectivity index is 1.50. The number of carbonyl (C=O) groups excluding carboxylic acids is 1. The first-order chi connectivity index (χ1) is 18.4. The van der Waals surface area contributed by atoms with Crippen LogP contribution in [0.2, 0.25) is 0 Å². The van der Waals surface area contributed by atoms with Crippen molar-refractivity contribution in [2.45, 2.75) is 100 Å². The first kappa shape index (κ1) is 25.6. The fourth-order valence-corrected chi connectivity index (χ4v) is 8.08. The first-order valence-corrected chi connectivity index (χ1v) is 15.8. The van der Waals surface area contributed by atoms with Gasteiger partial charge in [-0.2, -0.15) is 8.42 Å². The minimum atomic E-state index is -4.33. The van der Waals surface area contributed by atoms with Gasteiger partial charge in [-0.3, -0.25) is 4.55 Å². The first-order valence-electron chi connectivity index (χ1n) is 14.3.